The Bertz CT molecular complexity index is 1340. The van der Waals surface area contributed by atoms with Crippen molar-refractivity contribution in [2.24, 2.45) is 5.92 Å². The van der Waals surface area contributed by atoms with Crippen LogP contribution in [0.15, 0.2) is 85.2 Å². The summed E-state index contributed by atoms with van der Waals surface area (Å²) < 4.78 is 0. The molecular weight excluding hydrogens is 596 g/mol. The maximum Gasteiger partial charge on any atom is 0.0799 e. The quantitative estimate of drug-likeness (QED) is 0.154. The van der Waals surface area contributed by atoms with Gasteiger partial charge in [-0.15, -0.1) is 0 Å². The van der Waals surface area contributed by atoms with E-state index in [1.54, 1.807) is 0 Å². The second-order valence-electron chi connectivity index (χ2n) is 13.5. The van der Waals surface area contributed by atoms with E-state index in [-0.39, 0.29) is 0 Å². The monoisotopic (exact) mass is 646 g/mol. The molecule has 2 aromatic carbocycles. The van der Waals surface area contributed by atoms with Crippen molar-refractivity contribution in [3.8, 4) is 22.5 Å². The van der Waals surface area contributed by atoms with Crippen LogP contribution in [0.25, 0.3) is 22.5 Å². The van der Waals surface area contributed by atoms with Crippen LogP contribution in [0.3, 0.4) is 0 Å². The molecule has 4 rings (SSSR count). The van der Waals surface area contributed by atoms with Crippen LogP contribution in [-0.2, 0) is 6.42 Å². The van der Waals surface area contributed by atoms with E-state index in [9.17, 15) is 0 Å². The summed E-state index contributed by atoms with van der Waals surface area (Å²) in [7, 11) is -2.60. The van der Waals surface area contributed by atoms with Crippen molar-refractivity contribution < 1.29 is 0 Å². The van der Waals surface area contributed by atoms with Crippen LogP contribution in [0.2, 0.25) is 39.3 Å². The van der Waals surface area contributed by atoms with Gasteiger partial charge in [-0.25, -0.2) is 0 Å². The molecule has 0 unspecified atom stereocenters. The van der Waals surface area contributed by atoms with Gasteiger partial charge in [-0.3, -0.25) is 9.97 Å². The topological polar surface area (TPSA) is 25.8 Å². The minimum absolute atomic E-state index is 0.646. The minimum atomic E-state index is -1.33. The molecule has 0 saturated carbocycles. The Labute approximate surface area is 261 Å². The Morgan fingerprint density at radius 1 is 0.634 bits per heavy atom. The zero-order valence-electron chi connectivity index (χ0n) is 27.2. The maximum absolute atomic E-state index is 4.72. The van der Waals surface area contributed by atoms with Gasteiger partial charge in [0, 0.05) is 28.3 Å². The molecular formula is C36H51BrN2Si2. The van der Waals surface area contributed by atoms with E-state index >= 15 is 0 Å². The summed E-state index contributed by atoms with van der Waals surface area (Å²) in [5, 5.41) is 2.96. The standard InChI is InChI=1S/C18H25NSi.C15H19NSi.C3H7Br/c1-14(2)11-16-12-17(15-9-7-6-8-10-15)19-13-18(16)20(3,4)5;1-12-10-14(13-8-6-5-7-9-13)16-11-15(12)17(2,3)4;1-3(2)4/h6-10,12-14H,11H2,1-5H3;5-11H,1-4H3;3H,1-2H3. The predicted molar refractivity (Wildman–Crippen MR) is 193 cm³/mol. The molecule has 4 aromatic rings. The van der Waals surface area contributed by atoms with E-state index in [1.807, 2.05) is 6.07 Å². The Morgan fingerprint density at radius 3 is 1.39 bits per heavy atom. The molecule has 0 radical (unpaired) electrons. The third-order valence-electron chi connectivity index (χ3n) is 6.48. The molecule has 2 heterocycles. The van der Waals surface area contributed by atoms with Crippen molar-refractivity contribution in [2.45, 2.75) is 85.1 Å². The summed E-state index contributed by atoms with van der Waals surface area (Å²) in [5.74, 6) is 0.677. The normalized spacial score (nSPS) is 11.5. The third kappa shape index (κ3) is 11.8. The highest BCUT2D eigenvalue weighted by Gasteiger charge is 2.22. The van der Waals surface area contributed by atoms with Gasteiger partial charge in [-0.05, 0) is 52.9 Å². The second-order valence-corrected chi connectivity index (χ2v) is 25.4. The lowest BCUT2D eigenvalue weighted by Crippen LogP contribution is -2.40. The minimum Gasteiger partial charge on any atom is -0.256 e. The molecule has 0 aliphatic heterocycles. The highest BCUT2D eigenvalue weighted by molar-refractivity contribution is 9.09. The molecule has 0 spiro atoms. The fourth-order valence-corrected chi connectivity index (χ4v) is 7.95. The summed E-state index contributed by atoms with van der Waals surface area (Å²) >= 11 is 3.27. The summed E-state index contributed by atoms with van der Waals surface area (Å²) in [5.41, 5.74) is 7.44. The molecule has 0 N–H and O–H groups in total. The first-order chi connectivity index (χ1) is 19.1. The van der Waals surface area contributed by atoms with Crippen molar-refractivity contribution in [1.29, 1.82) is 0 Å². The molecule has 0 aliphatic rings. The number of benzene rings is 2. The first-order valence-corrected chi connectivity index (χ1v) is 22.7. The highest BCUT2D eigenvalue weighted by Crippen LogP contribution is 2.20. The first kappa shape index (κ1) is 34.9. The molecule has 0 bridgehead atoms. The van der Waals surface area contributed by atoms with Gasteiger partial charge in [-0.1, -0.05) is 144 Å². The summed E-state index contributed by atoms with van der Waals surface area (Å²) in [6, 6.07) is 25.3. The molecule has 220 valence electrons. The van der Waals surface area contributed by atoms with E-state index in [0.29, 0.717) is 10.7 Å². The maximum atomic E-state index is 4.72. The van der Waals surface area contributed by atoms with Crippen molar-refractivity contribution in [3.63, 3.8) is 0 Å². The Balaban J connectivity index is 0.000000256. The number of alkyl halides is 1. The van der Waals surface area contributed by atoms with E-state index in [1.165, 1.54) is 32.6 Å². The first-order valence-electron chi connectivity index (χ1n) is 14.8. The van der Waals surface area contributed by atoms with Gasteiger partial charge in [0.1, 0.15) is 0 Å². The number of hydrogen-bond acceptors (Lipinski definition) is 2. The van der Waals surface area contributed by atoms with Crippen LogP contribution in [0.1, 0.15) is 38.8 Å². The Hall–Kier alpha value is -2.35. The van der Waals surface area contributed by atoms with Crippen LogP contribution < -0.4 is 10.4 Å². The Morgan fingerprint density at radius 2 is 1.02 bits per heavy atom. The SMILES string of the molecule is CC(C)Br.CC(C)Cc1cc(-c2ccccc2)ncc1[Si](C)(C)C.Cc1cc(-c2ccccc2)ncc1[Si](C)(C)C. The van der Waals surface area contributed by atoms with Crippen molar-refractivity contribution in [2.75, 3.05) is 0 Å². The Kier molecular flexibility index (Phi) is 13.4. The summed E-state index contributed by atoms with van der Waals surface area (Å²) in [6.07, 6.45) is 5.35. The fraction of sp³-hybridized carbons (Fsp3) is 0.389. The number of halogens is 1. The van der Waals surface area contributed by atoms with Gasteiger partial charge < -0.3 is 0 Å². The van der Waals surface area contributed by atoms with E-state index in [4.69, 9.17) is 4.98 Å². The number of rotatable bonds is 6. The average molecular weight is 648 g/mol. The highest BCUT2D eigenvalue weighted by atomic mass is 79.9. The van der Waals surface area contributed by atoms with Crippen LogP contribution >= 0.6 is 15.9 Å². The van der Waals surface area contributed by atoms with E-state index < -0.39 is 16.1 Å². The number of aromatic nitrogens is 2. The molecule has 0 amide bonds. The van der Waals surface area contributed by atoms with Crippen LogP contribution in [0, 0.1) is 12.8 Å². The van der Waals surface area contributed by atoms with E-state index in [0.717, 1.165) is 17.8 Å². The number of pyridine rings is 2. The molecule has 0 fully saturated rings. The number of nitrogens with zero attached hydrogens (tertiary/aromatic N) is 2. The largest absolute Gasteiger partial charge is 0.256 e. The van der Waals surface area contributed by atoms with Gasteiger partial charge in [0.15, 0.2) is 0 Å². The molecule has 2 aromatic heterocycles. The van der Waals surface area contributed by atoms with Gasteiger partial charge in [-0.2, -0.15) is 0 Å². The molecule has 0 atom stereocenters. The fourth-order valence-electron chi connectivity index (χ4n) is 4.66. The predicted octanol–water partition coefficient (Wildman–Crippen LogP) is 9.88. The van der Waals surface area contributed by atoms with Gasteiger partial charge in [0.2, 0.25) is 0 Å². The molecule has 41 heavy (non-hydrogen) atoms. The third-order valence-corrected chi connectivity index (χ3v) is 10.7. The lowest BCUT2D eigenvalue weighted by Gasteiger charge is -2.22. The van der Waals surface area contributed by atoms with Gasteiger partial charge >= 0.3 is 0 Å². The van der Waals surface area contributed by atoms with Gasteiger partial charge in [0.05, 0.1) is 27.5 Å². The van der Waals surface area contributed by atoms with Crippen molar-refractivity contribution >= 4 is 42.5 Å². The van der Waals surface area contributed by atoms with E-state index in [2.05, 4.69) is 174 Å². The van der Waals surface area contributed by atoms with Crippen molar-refractivity contribution in [3.05, 3.63) is 96.3 Å². The van der Waals surface area contributed by atoms with Crippen LogP contribution in [0.4, 0.5) is 0 Å². The zero-order chi connectivity index (χ0) is 30.8. The lowest BCUT2D eigenvalue weighted by molar-refractivity contribution is 0.649. The average Bonchev–Trinajstić information content (AvgIpc) is 2.88. The van der Waals surface area contributed by atoms with Crippen LogP contribution in [-0.4, -0.2) is 30.9 Å². The van der Waals surface area contributed by atoms with Gasteiger partial charge in [0.25, 0.3) is 0 Å². The number of hydrogen-bond donors (Lipinski definition) is 0. The summed E-state index contributed by atoms with van der Waals surface area (Å²) in [4.78, 5) is 9.97. The number of aryl methyl sites for hydroxylation is 1. The molecule has 2 nitrogen and oxygen atoms in total. The lowest BCUT2D eigenvalue weighted by atomic mass is 10.0. The van der Waals surface area contributed by atoms with Crippen molar-refractivity contribution in [1.82, 2.24) is 9.97 Å². The van der Waals surface area contributed by atoms with Crippen LogP contribution in [0.5, 0.6) is 0 Å². The molecule has 0 aliphatic carbocycles. The molecule has 0 saturated heterocycles. The zero-order valence-corrected chi connectivity index (χ0v) is 30.8. The summed E-state index contributed by atoms with van der Waals surface area (Å²) in [6.45, 7) is 25.2. The smallest absolute Gasteiger partial charge is 0.0799 e. The molecule has 5 heteroatoms. The second kappa shape index (κ2) is 15.8.